The van der Waals surface area contributed by atoms with Crippen LogP contribution in [-0.2, 0) is 4.79 Å². The van der Waals surface area contributed by atoms with E-state index in [0.29, 0.717) is 11.7 Å². The second kappa shape index (κ2) is 4.85. The van der Waals surface area contributed by atoms with Crippen molar-refractivity contribution in [2.75, 3.05) is 13.1 Å². The Hall–Kier alpha value is 0.110. The maximum atomic E-state index is 10.9. The molecule has 1 atom stereocenters. The molecule has 1 unspecified atom stereocenters. The van der Waals surface area contributed by atoms with Gasteiger partial charge in [-0.2, -0.15) is 0 Å². The highest BCUT2D eigenvalue weighted by molar-refractivity contribution is 8.93. The number of hydrogen-bond acceptors (Lipinski definition) is 2. The lowest BCUT2D eigenvalue weighted by Crippen LogP contribution is -2.18. The Bertz CT molecular complexity index is 116. The number of nitrogens with one attached hydrogen (secondary N) is 1. The second-order valence-corrected chi connectivity index (χ2v) is 2.80. The van der Waals surface area contributed by atoms with E-state index in [0.717, 1.165) is 25.9 Å². The van der Waals surface area contributed by atoms with Crippen molar-refractivity contribution in [1.29, 1.82) is 0 Å². The van der Waals surface area contributed by atoms with Crippen molar-refractivity contribution < 1.29 is 4.79 Å². The SMILES string of the molecule is Br.CC1CNCCC(=O)C1. The van der Waals surface area contributed by atoms with Crippen molar-refractivity contribution >= 4 is 22.8 Å². The molecular weight excluding hydrogens is 194 g/mol. The van der Waals surface area contributed by atoms with Crippen molar-refractivity contribution in [1.82, 2.24) is 5.32 Å². The van der Waals surface area contributed by atoms with E-state index in [1.807, 2.05) is 0 Å². The Kier molecular flexibility index (Phi) is 4.91. The molecule has 0 radical (unpaired) electrons. The van der Waals surface area contributed by atoms with Crippen molar-refractivity contribution in [2.24, 2.45) is 5.92 Å². The number of carbonyl (C=O) groups excluding carboxylic acids is 1. The lowest BCUT2D eigenvalue weighted by Gasteiger charge is -2.03. The van der Waals surface area contributed by atoms with Crippen LogP contribution in [0.1, 0.15) is 19.8 Å². The van der Waals surface area contributed by atoms with Gasteiger partial charge in [0.15, 0.2) is 0 Å². The van der Waals surface area contributed by atoms with Crippen LogP contribution in [0.2, 0.25) is 0 Å². The summed E-state index contributed by atoms with van der Waals surface area (Å²) in [7, 11) is 0. The summed E-state index contributed by atoms with van der Waals surface area (Å²) in [4.78, 5) is 10.9. The minimum atomic E-state index is 0. The van der Waals surface area contributed by atoms with Gasteiger partial charge in [-0.1, -0.05) is 6.92 Å². The summed E-state index contributed by atoms with van der Waals surface area (Å²) in [5.41, 5.74) is 0. The number of carbonyl (C=O) groups is 1. The molecule has 0 aromatic heterocycles. The van der Waals surface area contributed by atoms with E-state index >= 15 is 0 Å². The first-order valence-corrected chi connectivity index (χ1v) is 3.51. The van der Waals surface area contributed by atoms with Gasteiger partial charge in [0.2, 0.25) is 0 Å². The van der Waals surface area contributed by atoms with Crippen LogP contribution in [-0.4, -0.2) is 18.9 Å². The molecule has 0 amide bonds. The number of rotatable bonds is 0. The summed E-state index contributed by atoms with van der Waals surface area (Å²) in [6.45, 7) is 3.99. The molecule has 1 rings (SSSR count). The molecule has 0 aliphatic carbocycles. The fourth-order valence-corrected chi connectivity index (χ4v) is 1.14. The van der Waals surface area contributed by atoms with Crippen LogP contribution in [0, 0.1) is 5.92 Å². The standard InChI is InChI=1S/C7H13NO.BrH/c1-6-4-7(9)2-3-8-5-6;/h6,8H,2-5H2,1H3;1H. The average molecular weight is 208 g/mol. The van der Waals surface area contributed by atoms with Gasteiger partial charge in [0, 0.05) is 19.4 Å². The van der Waals surface area contributed by atoms with Gasteiger partial charge in [0.05, 0.1) is 0 Å². The highest BCUT2D eigenvalue weighted by Gasteiger charge is 2.11. The molecule has 0 aromatic rings. The largest absolute Gasteiger partial charge is 0.316 e. The molecule has 1 aliphatic heterocycles. The van der Waals surface area contributed by atoms with E-state index in [4.69, 9.17) is 0 Å². The van der Waals surface area contributed by atoms with Gasteiger partial charge < -0.3 is 5.32 Å². The summed E-state index contributed by atoms with van der Waals surface area (Å²) in [6, 6.07) is 0. The molecule has 0 aromatic carbocycles. The molecular formula is C7H14BrNO. The number of Topliss-reactive ketones (excluding diaryl/α,β-unsaturated/α-hetero) is 1. The van der Waals surface area contributed by atoms with Crippen LogP contribution in [0.3, 0.4) is 0 Å². The highest BCUT2D eigenvalue weighted by Crippen LogP contribution is 2.05. The van der Waals surface area contributed by atoms with Gasteiger partial charge >= 0.3 is 0 Å². The minimum absolute atomic E-state index is 0. The first kappa shape index (κ1) is 10.1. The van der Waals surface area contributed by atoms with E-state index in [1.165, 1.54) is 0 Å². The third kappa shape index (κ3) is 3.32. The van der Waals surface area contributed by atoms with Gasteiger partial charge in [0.1, 0.15) is 5.78 Å². The first-order valence-electron chi connectivity index (χ1n) is 3.51. The van der Waals surface area contributed by atoms with Crippen LogP contribution in [0.5, 0.6) is 0 Å². The average Bonchev–Trinajstić information content (AvgIpc) is 1.93. The summed E-state index contributed by atoms with van der Waals surface area (Å²) >= 11 is 0. The molecule has 1 saturated heterocycles. The monoisotopic (exact) mass is 207 g/mol. The fourth-order valence-electron chi connectivity index (χ4n) is 1.14. The lowest BCUT2D eigenvalue weighted by molar-refractivity contribution is -0.119. The summed E-state index contributed by atoms with van der Waals surface area (Å²) in [6.07, 6.45) is 1.50. The van der Waals surface area contributed by atoms with Crippen molar-refractivity contribution in [3.8, 4) is 0 Å². The molecule has 1 N–H and O–H groups in total. The summed E-state index contributed by atoms with van der Waals surface area (Å²) in [5, 5.41) is 3.21. The predicted octanol–water partition coefficient (Wildman–Crippen LogP) is 1.15. The molecule has 0 spiro atoms. The third-order valence-corrected chi connectivity index (χ3v) is 1.65. The molecule has 3 heteroatoms. The second-order valence-electron chi connectivity index (χ2n) is 2.80. The molecule has 0 bridgehead atoms. The molecule has 1 aliphatic rings. The summed E-state index contributed by atoms with van der Waals surface area (Å²) < 4.78 is 0. The van der Waals surface area contributed by atoms with Gasteiger partial charge in [-0.15, -0.1) is 17.0 Å². The minimum Gasteiger partial charge on any atom is -0.316 e. The van der Waals surface area contributed by atoms with E-state index < -0.39 is 0 Å². The van der Waals surface area contributed by atoms with E-state index in [1.54, 1.807) is 0 Å². The zero-order chi connectivity index (χ0) is 6.69. The van der Waals surface area contributed by atoms with Crippen LogP contribution >= 0.6 is 17.0 Å². The lowest BCUT2D eigenvalue weighted by atomic mass is 10.1. The first-order chi connectivity index (χ1) is 4.29. The zero-order valence-corrected chi connectivity index (χ0v) is 7.94. The maximum absolute atomic E-state index is 10.9. The normalized spacial score (nSPS) is 26.9. The van der Waals surface area contributed by atoms with Crippen molar-refractivity contribution in [2.45, 2.75) is 19.8 Å². The van der Waals surface area contributed by atoms with Crippen molar-refractivity contribution in [3.63, 3.8) is 0 Å². The molecule has 1 heterocycles. The Morgan fingerprint density at radius 3 is 3.00 bits per heavy atom. The number of hydrogen-bond donors (Lipinski definition) is 1. The van der Waals surface area contributed by atoms with Crippen LogP contribution in [0.4, 0.5) is 0 Å². The topological polar surface area (TPSA) is 29.1 Å². The molecule has 0 saturated carbocycles. The Morgan fingerprint density at radius 1 is 1.60 bits per heavy atom. The third-order valence-electron chi connectivity index (χ3n) is 1.65. The van der Waals surface area contributed by atoms with Gasteiger partial charge in [-0.25, -0.2) is 0 Å². The number of ketones is 1. The van der Waals surface area contributed by atoms with Gasteiger partial charge in [-0.3, -0.25) is 4.79 Å². The van der Waals surface area contributed by atoms with Gasteiger partial charge in [0.25, 0.3) is 0 Å². The molecule has 10 heavy (non-hydrogen) atoms. The van der Waals surface area contributed by atoms with Gasteiger partial charge in [-0.05, 0) is 12.5 Å². The zero-order valence-electron chi connectivity index (χ0n) is 6.22. The number of halogens is 1. The van der Waals surface area contributed by atoms with E-state index in [2.05, 4.69) is 12.2 Å². The summed E-state index contributed by atoms with van der Waals surface area (Å²) in [5.74, 6) is 0.951. The molecule has 1 fully saturated rings. The van der Waals surface area contributed by atoms with E-state index in [-0.39, 0.29) is 17.0 Å². The Balaban J connectivity index is 0.000000810. The molecule has 2 nitrogen and oxygen atoms in total. The van der Waals surface area contributed by atoms with Crippen molar-refractivity contribution in [3.05, 3.63) is 0 Å². The maximum Gasteiger partial charge on any atom is 0.134 e. The molecule has 60 valence electrons. The predicted molar refractivity (Wildman–Crippen MR) is 46.6 cm³/mol. The smallest absolute Gasteiger partial charge is 0.134 e. The Morgan fingerprint density at radius 2 is 2.30 bits per heavy atom. The Labute approximate surface area is 72.1 Å². The van der Waals surface area contributed by atoms with Crippen LogP contribution in [0.15, 0.2) is 0 Å². The van der Waals surface area contributed by atoms with Crippen LogP contribution in [0.25, 0.3) is 0 Å². The fraction of sp³-hybridized carbons (Fsp3) is 0.857. The quantitative estimate of drug-likeness (QED) is 0.647. The van der Waals surface area contributed by atoms with E-state index in [9.17, 15) is 4.79 Å². The van der Waals surface area contributed by atoms with Crippen LogP contribution < -0.4 is 5.32 Å². The highest BCUT2D eigenvalue weighted by atomic mass is 79.9.